The van der Waals surface area contributed by atoms with E-state index in [2.05, 4.69) is 14.9 Å². The topological polar surface area (TPSA) is 67.2 Å². The van der Waals surface area contributed by atoms with Crippen LogP contribution < -0.4 is 5.32 Å². The first-order valence-electron chi connectivity index (χ1n) is 10.9. The molecule has 1 aliphatic heterocycles. The van der Waals surface area contributed by atoms with Gasteiger partial charge in [-0.25, -0.2) is 4.98 Å². The Kier molecular flexibility index (Phi) is 6.46. The fourth-order valence-electron chi connectivity index (χ4n) is 3.95. The number of carbonyl (C=O) groups is 2. The Hall–Kier alpha value is -3.41. The fraction of sp³-hybridized carbons (Fsp3) is 0.320. The second-order valence-corrected chi connectivity index (χ2v) is 8.01. The van der Waals surface area contributed by atoms with Crippen molar-refractivity contribution in [2.45, 2.75) is 39.2 Å². The van der Waals surface area contributed by atoms with Gasteiger partial charge in [-0.15, -0.1) is 0 Å². The zero-order chi connectivity index (χ0) is 21.6. The van der Waals surface area contributed by atoms with Crippen molar-refractivity contribution in [2.75, 3.05) is 18.4 Å². The van der Waals surface area contributed by atoms with Crippen LogP contribution in [0.4, 0.5) is 5.69 Å². The van der Waals surface area contributed by atoms with Crippen LogP contribution >= 0.6 is 0 Å². The number of nitrogens with one attached hydrogen (secondary N) is 1. The molecule has 1 fully saturated rings. The van der Waals surface area contributed by atoms with Crippen molar-refractivity contribution in [3.05, 3.63) is 83.4 Å². The quantitative estimate of drug-likeness (QED) is 0.665. The number of amides is 2. The molecule has 1 N–H and O–H groups in total. The van der Waals surface area contributed by atoms with Gasteiger partial charge in [-0.3, -0.25) is 9.59 Å². The minimum absolute atomic E-state index is 0.0103. The van der Waals surface area contributed by atoms with Crippen molar-refractivity contribution in [3.63, 3.8) is 0 Å². The number of benzene rings is 2. The summed E-state index contributed by atoms with van der Waals surface area (Å²) in [4.78, 5) is 32.1. The second kappa shape index (κ2) is 9.60. The summed E-state index contributed by atoms with van der Waals surface area (Å²) in [5.74, 6) is 0.720. The highest BCUT2D eigenvalue weighted by atomic mass is 16.2. The Labute approximate surface area is 182 Å². The molecule has 31 heavy (non-hydrogen) atoms. The predicted octanol–water partition coefficient (Wildman–Crippen LogP) is 4.51. The first-order chi connectivity index (χ1) is 15.1. The number of nitrogens with zero attached hydrogens (tertiary/aromatic N) is 3. The van der Waals surface area contributed by atoms with Crippen molar-refractivity contribution in [2.24, 2.45) is 0 Å². The van der Waals surface area contributed by atoms with Gasteiger partial charge in [0.05, 0.1) is 11.3 Å². The number of hydrogen-bond donors (Lipinski definition) is 1. The maximum Gasteiger partial charge on any atom is 0.255 e. The normalized spacial score (nSPS) is 14.2. The Morgan fingerprint density at radius 2 is 1.68 bits per heavy atom. The lowest BCUT2D eigenvalue weighted by atomic mass is 10.1. The predicted molar refractivity (Wildman–Crippen MR) is 121 cm³/mol. The average Bonchev–Trinajstić information content (AvgIpc) is 3.02. The number of rotatable bonds is 5. The standard InChI is InChI=1S/C25H28N4O2/c1-19-26-14-17-29(19)18-20-10-12-21(13-11-20)24(30)27-23-9-5-4-8-22(23)25(31)28-15-6-2-3-7-16-28/h4-5,8-14,17H,2-3,6-7,15-16,18H2,1H3,(H,27,30). The second-order valence-electron chi connectivity index (χ2n) is 8.01. The van der Waals surface area contributed by atoms with Crippen LogP contribution in [0.15, 0.2) is 60.9 Å². The van der Waals surface area contributed by atoms with E-state index < -0.39 is 0 Å². The molecule has 6 heteroatoms. The lowest BCUT2D eigenvalue weighted by Gasteiger charge is -2.22. The molecule has 1 aliphatic rings. The summed E-state index contributed by atoms with van der Waals surface area (Å²) < 4.78 is 2.06. The van der Waals surface area contributed by atoms with E-state index in [1.54, 1.807) is 18.3 Å². The number of carbonyl (C=O) groups excluding carboxylic acids is 2. The Bertz CT molecular complexity index is 1050. The molecular formula is C25H28N4O2. The number of imidazole rings is 1. The van der Waals surface area contributed by atoms with Crippen molar-refractivity contribution in [3.8, 4) is 0 Å². The number of hydrogen-bond acceptors (Lipinski definition) is 3. The summed E-state index contributed by atoms with van der Waals surface area (Å²) in [7, 11) is 0. The Morgan fingerprint density at radius 3 is 2.35 bits per heavy atom. The number of para-hydroxylation sites is 1. The van der Waals surface area contributed by atoms with Crippen LogP contribution in [0.1, 0.15) is 57.8 Å². The Morgan fingerprint density at radius 1 is 0.968 bits per heavy atom. The molecule has 160 valence electrons. The van der Waals surface area contributed by atoms with E-state index in [1.165, 1.54) is 12.8 Å². The van der Waals surface area contributed by atoms with Crippen molar-refractivity contribution >= 4 is 17.5 Å². The summed E-state index contributed by atoms with van der Waals surface area (Å²) in [6.07, 6.45) is 8.11. The lowest BCUT2D eigenvalue weighted by Crippen LogP contribution is -2.32. The summed E-state index contributed by atoms with van der Waals surface area (Å²) >= 11 is 0. The lowest BCUT2D eigenvalue weighted by molar-refractivity contribution is 0.0762. The van der Waals surface area contributed by atoms with Gasteiger partial charge >= 0.3 is 0 Å². The molecule has 3 aromatic rings. The van der Waals surface area contributed by atoms with Crippen molar-refractivity contribution in [1.82, 2.24) is 14.5 Å². The van der Waals surface area contributed by atoms with Crippen LogP contribution in [0.3, 0.4) is 0 Å². The number of anilines is 1. The SMILES string of the molecule is Cc1nccn1Cc1ccc(C(=O)Nc2ccccc2C(=O)N2CCCCCC2)cc1. The first-order valence-corrected chi connectivity index (χ1v) is 10.9. The molecule has 0 saturated carbocycles. The van der Waals surface area contributed by atoms with Gasteiger partial charge in [0, 0.05) is 37.6 Å². The molecule has 0 bridgehead atoms. The van der Waals surface area contributed by atoms with Crippen molar-refractivity contribution < 1.29 is 9.59 Å². The molecule has 1 aromatic heterocycles. The molecule has 2 aromatic carbocycles. The van der Waals surface area contributed by atoms with Crippen LogP contribution in [0.25, 0.3) is 0 Å². The number of likely N-dealkylation sites (tertiary alicyclic amines) is 1. The number of aromatic nitrogens is 2. The van der Waals surface area contributed by atoms with Gasteiger partial charge in [-0.05, 0) is 49.6 Å². The third-order valence-corrected chi connectivity index (χ3v) is 5.79. The fourth-order valence-corrected chi connectivity index (χ4v) is 3.95. The highest BCUT2D eigenvalue weighted by molar-refractivity contribution is 6.09. The van der Waals surface area contributed by atoms with Crippen LogP contribution in [0.5, 0.6) is 0 Å². The monoisotopic (exact) mass is 416 g/mol. The van der Waals surface area contributed by atoms with E-state index in [1.807, 2.05) is 54.4 Å². The van der Waals surface area contributed by atoms with Crippen LogP contribution in [0.2, 0.25) is 0 Å². The molecule has 2 amide bonds. The molecule has 0 spiro atoms. The molecule has 2 heterocycles. The molecule has 0 atom stereocenters. The van der Waals surface area contributed by atoms with Crippen LogP contribution in [0, 0.1) is 6.92 Å². The highest BCUT2D eigenvalue weighted by Gasteiger charge is 2.20. The maximum absolute atomic E-state index is 13.1. The van der Waals surface area contributed by atoms with Gasteiger partial charge in [0.25, 0.3) is 11.8 Å². The Balaban J connectivity index is 1.46. The molecule has 6 nitrogen and oxygen atoms in total. The van der Waals surface area contributed by atoms with Gasteiger partial charge in [0.2, 0.25) is 0 Å². The summed E-state index contributed by atoms with van der Waals surface area (Å²) in [5.41, 5.74) is 2.75. The molecule has 4 rings (SSSR count). The average molecular weight is 417 g/mol. The van der Waals surface area contributed by atoms with E-state index in [-0.39, 0.29) is 11.8 Å². The molecular weight excluding hydrogens is 388 g/mol. The maximum atomic E-state index is 13.1. The highest BCUT2D eigenvalue weighted by Crippen LogP contribution is 2.21. The van der Waals surface area contributed by atoms with E-state index in [0.29, 0.717) is 23.4 Å². The van der Waals surface area contributed by atoms with E-state index in [4.69, 9.17) is 0 Å². The largest absolute Gasteiger partial charge is 0.339 e. The van der Waals surface area contributed by atoms with Gasteiger partial charge in [0.1, 0.15) is 5.82 Å². The third kappa shape index (κ3) is 5.02. The van der Waals surface area contributed by atoms with Gasteiger partial charge in [-0.1, -0.05) is 37.1 Å². The van der Waals surface area contributed by atoms with Gasteiger partial charge in [-0.2, -0.15) is 0 Å². The van der Waals surface area contributed by atoms with E-state index in [0.717, 1.165) is 37.3 Å². The van der Waals surface area contributed by atoms with Crippen LogP contribution in [-0.4, -0.2) is 39.4 Å². The zero-order valence-corrected chi connectivity index (χ0v) is 17.9. The minimum Gasteiger partial charge on any atom is -0.339 e. The van der Waals surface area contributed by atoms with Gasteiger partial charge < -0.3 is 14.8 Å². The third-order valence-electron chi connectivity index (χ3n) is 5.79. The molecule has 0 aliphatic carbocycles. The van der Waals surface area contributed by atoms with Crippen molar-refractivity contribution in [1.29, 1.82) is 0 Å². The van der Waals surface area contributed by atoms with E-state index >= 15 is 0 Å². The first kappa shape index (κ1) is 20.8. The smallest absolute Gasteiger partial charge is 0.255 e. The van der Waals surface area contributed by atoms with Gasteiger partial charge in [0.15, 0.2) is 0 Å². The molecule has 1 saturated heterocycles. The molecule has 0 radical (unpaired) electrons. The summed E-state index contributed by atoms with van der Waals surface area (Å²) in [6.45, 7) is 4.23. The summed E-state index contributed by atoms with van der Waals surface area (Å²) in [5, 5.41) is 2.93. The molecule has 0 unspecified atom stereocenters. The van der Waals surface area contributed by atoms with Crippen LogP contribution in [-0.2, 0) is 6.54 Å². The summed E-state index contributed by atoms with van der Waals surface area (Å²) in [6, 6.07) is 14.8. The minimum atomic E-state index is -0.221. The zero-order valence-electron chi connectivity index (χ0n) is 17.9. The number of aryl methyl sites for hydroxylation is 1. The van der Waals surface area contributed by atoms with E-state index in [9.17, 15) is 9.59 Å².